The van der Waals surface area contributed by atoms with Gasteiger partial charge in [-0.15, -0.1) is 0 Å². The molecule has 0 atom stereocenters. The maximum atomic E-state index is 12.5. The van der Waals surface area contributed by atoms with E-state index in [4.69, 9.17) is 0 Å². The van der Waals surface area contributed by atoms with Crippen LogP contribution in [0.15, 0.2) is 53.0 Å². The molecule has 0 saturated heterocycles. The van der Waals surface area contributed by atoms with Gasteiger partial charge in [0.15, 0.2) is 5.13 Å². The molecule has 1 aromatic heterocycles. The Balaban J connectivity index is 1.69. The molecular weight excluding hydrogens is 410 g/mol. The molecule has 3 rings (SSSR count). The highest BCUT2D eigenvalue weighted by Gasteiger charge is 2.15. The summed E-state index contributed by atoms with van der Waals surface area (Å²) in [6.45, 7) is 4.47. The largest absolute Gasteiger partial charge is 0.347 e. The second-order valence-electron chi connectivity index (χ2n) is 5.88. The van der Waals surface area contributed by atoms with E-state index in [-0.39, 0.29) is 5.91 Å². The Morgan fingerprint density at radius 3 is 2.62 bits per heavy atom. The quantitative estimate of drug-likeness (QED) is 0.547. The smallest absolute Gasteiger partial charge is 0.263 e. The number of nitrogens with zero attached hydrogens (tertiary/aromatic N) is 1. The number of carbonyl (C=O) groups is 1. The average molecular weight is 430 g/mol. The third-order valence-corrected chi connectivity index (χ3v) is 5.61. The van der Waals surface area contributed by atoms with E-state index in [1.54, 1.807) is 0 Å². The molecule has 134 valence electrons. The van der Waals surface area contributed by atoms with Crippen molar-refractivity contribution in [1.29, 1.82) is 0 Å². The highest BCUT2D eigenvalue weighted by atomic mass is 79.9. The van der Waals surface area contributed by atoms with Crippen LogP contribution in [0.25, 0.3) is 0 Å². The Morgan fingerprint density at radius 2 is 1.88 bits per heavy atom. The molecule has 26 heavy (non-hydrogen) atoms. The van der Waals surface area contributed by atoms with E-state index in [9.17, 15) is 4.79 Å². The minimum atomic E-state index is -0.0975. The zero-order chi connectivity index (χ0) is 18.5. The fraction of sp³-hybridized carbons (Fsp3) is 0.200. The lowest BCUT2D eigenvalue weighted by atomic mass is 10.1. The van der Waals surface area contributed by atoms with Gasteiger partial charge in [-0.05, 0) is 42.7 Å². The number of aryl methyl sites for hydroxylation is 2. The molecule has 0 aliphatic rings. The molecule has 0 radical (unpaired) electrons. The molecule has 6 heteroatoms. The maximum absolute atomic E-state index is 12.5. The lowest BCUT2D eigenvalue weighted by molar-refractivity contribution is 0.0954. The van der Waals surface area contributed by atoms with Crippen LogP contribution in [0.3, 0.4) is 0 Å². The number of aromatic nitrogens is 1. The molecule has 3 aromatic rings. The van der Waals surface area contributed by atoms with Crippen LogP contribution in [0.1, 0.15) is 33.4 Å². The maximum Gasteiger partial charge on any atom is 0.263 e. The van der Waals surface area contributed by atoms with Gasteiger partial charge in [0.05, 0.1) is 5.69 Å². The van der Waals surface area contributed by atoms with Crippen molar-refractivity contribution in [3.8, 4) is 0 Å². The molecule has 2 N–H and O–H groups in total. The van der Waals surface area contributed by atoms with Crippen LogP contribution >= 0.6 is 27.3 Å². The number of benzene rings is 2. The van der Waals surface area contributed by atoms with Gasteiger partial charge in [-0.25, -0.2) is 4.98 Å². The summed E-state index contributed by atoms with van der Waals surface area (Å²) in [6, 6.07) is 16.0. The van der Waals surface area contributed by atoms with Gasteiger partial charge in [0.1, 0.15) is 4.88 Å². The molecule has 1 amide bonds. The average Bonchev–Trinajstić information content (AvgIpc) is 3.02. The number of para-hydroxylation sites is 1. The first kappa shape index (κ1) is 18.6. The second kappa shape index (κ2) is 8.47. The predicted octanol–water partition coefficient (Wildman–Crippen LogP) is 5.45. The van der Waals surface area contributed by atoms with Crippen LogP contribution in [-0.4, -0.2) is 10.9 Å². The minimum Gasteiger partial charge on any atom is -0.347 e. The first-order valence-electron chi connectivity index (χ1n) is 8.42. The Bertz CT molecular complexity index is 906. The van der Waals surface area contributed by atoms with Gasteiger partial charge >= 0.3 is 0 Å². The Labute approximate surface area is 165 Å². The first-order valence-corrected chi connectivity index (χ1v) is 10.0. The van der Waals surface area contributed by atoms with Gasteiger partial charge < -0.3 is 10.6 Å². The number of hydrogen-bond acceptors (Lipinski definition) is 4. The molecule has 0 spiro atoms. The molecule has 1 heterocycles. The Morgan fingerprint density at radius 1 is 1.15 bits per heavy atom. The summed E-state index contributed by atoms with van der Waals surface area (Å²) in [5.41, 5.74) is 4.05. The van der Waals surface area contributed by atoms with Crippen LogP contribution in [0.5, 0.6) is 0 Å². The van der Waals surface area contributed by atoms with Crippen LogP contribution in [0.4, 0.5) is 10.8 Å². The summed E-state index contributed by atoms with van der Waals surface area (Å²) in [5.74, 6) is -0.0975. The number of halogens is 1. The molecular formula is C20H20BrN3OS. The number of hydrogen-bond donors (Lipinski definition) is 2. The number of thiazole rings is 1. The van der Waals surface area contributed by atoms with Gasteiger partial charge in [0.2, 0.25) is 0 Å². The van der Waals surface area contributed by atoms with Gasteiger partial charge in [-0.1, -0.05) is 64.5 Å². The number of amides is 1. The Hall–Kier alpha value is -2.18. The summed E-state index contributed by atoms with van der Waals surface area (Å²) in [6.07, 6.45) is 0.939. The van der Waals surface area contributed by atoms with Crippen LogP contribution < -0.4 is 10.6 Å². The van der Waals surface area contributed by atoms with Crippen molar-refractivity contribution in [3.05, 3.63) is 74.7 Å². The van der Waals surface area contributed by atoms with Gasteiger partial charge in [-0.2, -0.15) is 0 Å². The monoisotopic (exact) mass is 429 g/mol. The number of rotatable bonds is 6. The van der Waals surface area contributed by atoms with Crippen LogP contribution in [-0.2, 0) is 13.0 Å². The summed E-state index contributed by atoms with van der Waals surface area (Å²) in [4.78, 5) is 17.7. The van der Waals surface area contributed by atoms with Gasteiger partial charge in [0, 0.05) is 16.7 Å². The molecule has 0 unspecified atom stereocenters. The second-order valence-corrected chi connectivity index (χ2v) is 7.79. The predicted molar refractivity (Wildman–Crippen MR) is 111 cm³/mol. The number of carbonyl (C=O) groups excluding carboxylic acids is 1. The third kappa shape index (κ3) is 4.51. The van der Waals surface area contributed by atoms with Crippen molar-refractivity contribution in [1.82, 2.24) is 10.3 Å². The van der Waals surface area contributed by atoms with E-state index in [2.05, 4.69) is 44.5 Å². The van der Waals surface area contributed by atoms with Crippen LogP contribution in [0, 0.1) is 6.92 Å². The van der Waals surface area contributed by atoms with Gasteiger partial charge in [-0.3, -0.25) is 4.79 Å². The SMILES string of the molecule is CCc1ccccc1Nc1nc(C)c(C(=O)NCc2ccc(Br)cc2)s1. The van der Waals surface area contributed by atoms with Crippen molar-refractivity contribution in [2.24, 2.45) is 0 Å². The standard InChI is InChI=1S/C20H20BrN3OS/c1-3-15-6-4-5-7-17(15)24-20-23-13(2)18(26-20)19(25)22-12-14-8-10-16(21)11-9-14/h4-11H,3,12H2,1-2H3,(H,22,25)(H,23,24). The molecule has 0 fully saturated rings. The topological polar surface area (TPSA) is 54.0 Å². The fourth-order valence-electron chi connectivity index (χ4n) is 2.59. The van der Waals surface area contributed by atoms with Crippen molar-refractivity contribution in [2.45, 2.75) is 26.8 Å². The van der Waals surface area contributed by atoms with Crippen molar-refractivity contribution >= 4 is 44.0 Å². The molecule has 0 saturated carbocycles. The van der Waals surface area contributed by atoms with Crippen LogP contribution in [0.2, 0.25) is 0 Å². The lowest BCUT2D eigenvalue weighted by Gasteiger charge is -2.07. The molecule has 0 aliphatic heterocycles. The summed E-state index contributed by atoms with van der Waals surface area (Å²) in [7, 11) is 0. The van der Waals surface area contributed by atoms with Gasteiger partial charge in [0.25, 0.3) is 5.91 Å². The van der Waals surface area contributed by atoms with Crippen molar-refractivity contribution in [2.75, 3.05) is 5.32 Å². The summed E-state index contributed by atoms with van der Waals surface area (Å²) in [5, 5.41) is 7.04. The van der Waals surface area contributed by atoms with Crippen molar-refractivity contribution in [3.63, 3.8) is 0 Å². The fourth-order valence-corrected chi connectivity index (χ4v) is 3.75. The normalized spacial score (nSPS) is 10.6. The number of anilines is 2. The third-order valence-electron chi connectivity index (χ3n) is 4.01. The zero-order valence-electron chi connectivity index (χ0n) is 14.7. The molecule has 2 aromatic carbocycles. The summed E-state index contributed by atoms with van der Waals surface area (Å²) < 4.78 is 1.02. The van der Waals surface area contributed by atoms with E-state index in [1.165, 1.54) is 16.9 Å². The molecule has 4 nitrogen and oxygen atoms in total. The molecule has 0 aliphatic carbocycles. The van der Waals surface area contributed by atoms with Crippen molar-refractivity contribution < 1.29 is 4.79 Å². The lowest BCUT2D eigenvalue weighted by Crippen LogP contribution is -2.22. The zero-order valence-corrected chi connectivity index (χ0v) is 17.1. The van der Waals surface area contributed by atoms with E-state index >= 15 is 0 Å². The minimum absolute atomic E-state index is 0.0975. The van der Waals surface area contributed by atoms with E-state index in [1.807, 2.05) is 49.4 Å². The first-order chi connectivity index (χ1) is 12.6. The van der Waals surface area contributed by atoms with E-state index < -0.39 is 0 Å². The van der Waals surface area contributed by atoms with E-state index in [0.717, 1.165) is 33.0 Å². The highest BCUT2D eigenvalue weighted by Crippen LogP contribution is 2.27. The summed E-state index contributed by atoms with van der Waals surface area (Å²) >= 11 is 4.79. The Kier molecular flexibility index (Phi) is 6.06. The number of nitrogens with one attached hydrogen (secondary N) is 2. The highest BCUT2D eigenvalue weighted by molar-refractivity contribution is 9.10. The molecule has 0 bridgehead atoms. The van der Waals surface area contributed by atoms with E-state index in [0.29, 0.717) is 11.4 Å².